The lowest BCUT2D eigenvalue weighted by atomic mass is 10.1. The van der Waals surface area contributed by atoms with Gasteiger partial charge in [0, 0.05) is 24.0 Å². The van der Waals surface area contributed by atoms with Crippen molar-refractivity contribution in [2.75, 3.05) is 19.8 Å². The standard InChI is InChI=1S/C17H17N5O2/c1-21(2)9-13-16(20-15-6-4-11(18)8-22(13)15)10-3-5-12-14(7-10)24-17(23)19-12/h3-8H,9,18H2,1-2H3,(H,19,23). The van der Waals surface area contributed by atoms with Crippen LogP contribution in [0.1, 0.15) is 5.69 Å². The van der Waals surface area contributed by atoms with E-state index in [1.54, 1.807) is 0 Å². The van der Waals surface area contributed by atoms with Gasteiger partial charge in [-0.15, -0.1) is 0 Å². The number of fused-ring (bicyclic) bond motifs is 2. The highest BCUT2D eigenvalue weighted by Gasteiger charge is 2.16. The monoisotopic (exact) mass is 323 g/mol. The van der Waals surface area contributed by atoms with E-state index in [-0.39, 0.29) is 0 Å². The van der Waals surface area contributed by atoms with Crippen LogP contribution in [0.15, 0.2) is 45.7 Å². The maximum absolute atomic E-state index is 11.4. The first-order valence-electron chi connectivity index (χ1n) is 7.56. The molecule has 0 aliphatic rings. The number of aromatic nitrogens is 3. The Morgan fingerprint density at radius 2 is 2.12 bits per heavy atom. The number of pyridine rings is 1. The molecule has 7 nitrogen and oxygen atoms in total. The van der Waals surface area contributed by atoms with E-state index < -0.39 is 5.76 Å². The third-order valence-corrected chi connectivity index (χ3v) is 3.90. The van der Waals surface area contributed by atoms with Gasteiger partial charge in [0.15, 0.2) is 5.58 Å². The molecular formula is C17H17N5O2. The van der Waals surface area contributed by atoms with Crippen molar-refractivity contribution in [2.45, 2.75) is 6.54 Å². The average molecular weight is 323 g/mol. The first-order chi connectivity index (χ1) is 11.5. The maximum Gasteiger partial charge on any atom is 0.417 e. The number of aromatic amines is 1. The van der Waals surface area contributed by atoms with Gasteiger partial charge in [0.2, 0.25) is 0 Å². The number of oxazole rings is 1. The molecular weight excluding hydrogens is 306 g/mol. The van der Waals surface area contributed by atoms with Crippen LogP contribution in [0.3, 0.4) is 0 Å². The number of nitrogen functional groups attached to an aromatic ring is 1. The number of H-pyrrole nitrogens is 1. The predicted molar refractivity (Wildman–Crippen MR) is 92.8 cm³/mol. The molecule has 0 aliphatic carbocycles. The van der Waals surface area contributed by atoms with Crippen LogP contribution in [-0.2, 0) is 6.54 Å². The zero-order valence-corrected chi connectivity index (χ0v) is 13.4. The van der Waals surface area contributed by atoms with E-state index in [0.29, 0.717) is 23.3 Å². The Morgan fingerprint density at radius 3 is 2.92 bits per heavy atom. The number of hydrogen-bond donors (Lipinski definition) is 2. The van der Waals surface area contributed by atoms with Crippen LogP contribution in [0.2, 0.25) is 0 Å². The SMILES string of the molecule is CN(C)Cc1c(-c2ccc3[nH]c(=O)oc3c2)nc2ccc(N)cn12. The van der Waals surface area contributed by atoms with E-state index >= 15 is 0 Å². The zero-order chi connectivity index (χ0) is 16.8. The maximum atomic E-state index is 11.4. The highest BCUT2D eigenvalue weighted by atomic mass is 16.4. The molecule has 3 heterocycles. The number of hydrogen-bond acceptors (Lipinski definition) is 5. The average Bonchev–Trinajstić information content (AvgIpc) is 3.06. The van der Waals surface area contributed by atoms with Crippen LogP contribution in [0.25, 0.3) is 28.0 Å². The van der Waals surface area contributed by atoms with Gasteiger partial charge in [-0.25, -0.2) is 9.78 Å². The van der Waals surface area contributed by atoms with Gasteiger partial charge in [-0.3, -0.25) is 4.98 Å². The molecule has 0 unspecified atom stereocenters. The molecule has 7 heteroatoms. The Hall–Kier alpha value is -3.06. The Bertz CT molecular complexity index is 1100. The minimum absolute atomic E-state index is 0.460. The largest absolute Gasteiger partial charge is 0.417 e. The van der Waals surface area contributed by atoms with Crippen molar-refractivity contribution < 1.29 is 4.42 Å². The summed E-state index contributed by atoms with van der Waals surface area (Å²) < 4.78 is 7.17. The molecule has 0 aliphatic heterocycles. The minimum atomic E-state index is -0.460. The number of anilines is 1. The van der Waals surface area contributed by atoms with Crippen molar-refractivity contribution in [3.63, 3.8) is 0 Å². The number of benzene rings is 1. The van der Waals surface area contributed by atoms with Gasteiger partial charge in [-0.2, -0.15) is 0 Å². The molecule has 0 radical (unpaired) electrons. The van der Waals surface area contributed by atoms with Crippen LogP contribution in [0.5, 0.6) is 0 Å². The summed E-state index contributed by atoms with van der Waals surface area (Å²) >= 11 is 0. The Labute approximate surface area is 137 Å². The van der Waals surface area contributed by atoms with Gasteiger partial charge < -0.3 is 19.5 Å². The summed E-state index contributed by atoms with van der Waals surface area (Å²) in [5.41, 5.74) is 11.4. The van der Waals surface area contributed by atoms with Crippen molar-refractivity contribution in [1.82, 2.24) is 19.3 Å². The quantitative estimate of drug-likeness (QED) is 0.602. The lowest BCUT2D eigenvalue weighted by Crippen LogP contribution is -2.13. The summed E-state index contributed by atoms with van der Waals surface area (Å²) in [6.07, 6.45) is 1.87. The smallest absolute Gasteiger partial charge is 0.408 e. The molecule has 3 N–H and O–H groups in total. The molecule has 0 saturated heterocycles. The van der Waals surface area contributed by atoms with Crippen molar-refractivity contribution >= 4 is 22.4 Å². The van der Waals surface area contributed by atoms with Crippen molar-refractivity contribution in [3.8, 4) is 11.3 Å². The molecule has 0 fully saturated rings. The summed E-state index contributed by atoms with van der Waals surface area (Å²) in [4.78, 5) is 20.8. The van der Waals surface area contributed by atoms with Gasteiger partial charge in [-0.1, -0.05) is 6.07 Å². The number of nitrogens with two attached hydrogens (primary N) is 1. The Balaban J connectivity index is 1.97. The highest BCUT2D eigenvalue weighted by Crippen LogP contribution is 2.28. The summed E-state index contributed by atoms with van der Waals surface area (Å²) in [6.45, 7) is 0.703. The van der Waals surface area contributed by atoms with E-state index in [9.17, 15) is 4.79 Å². The predicted octanol–water partition coefficient (Wildman–Crippen LogP) is 2.08. The summed E-state index contributed by atoms with van der Waals surface area (Å²) in [7, 11) is 4.01. The zero-order valence-electron chi connectivity index (χ0n) is 13.4. The summed E-state index contributed by atoms with van der Waals surface area (Å²) in [5, 5.41) is 0. The second-order valence-electron chi connectivity index (χ2n) is 6.06. The lowest BCUT2D eigenvalue weighted by molar-refractivity contribution is 0.396. The number of nitrogens with one attached hydrogen (secondary N) is 1. The molecule has 3 aromatic heterocycles. The van der Waals surface area contributed by atoms with Crippen LogP contribution in [0.4, 0.5) is 5.69 Å². The van der Waals surface area contributed by atoms with E-state index in [1.807, 2.05) is 55.0 Å². The second-order valence-corrected chi connectivity index (χ2v) is 6.06. The molecule has 4 rings (SSSR count). The molecule has 1 aromatic carbocycles. The van der Waals surface area contributed by atoms with Crippen LogP contribution in [-0.4, -0.2) is 33.4 Å². The van der Waals surface area contributed by atoms with Gasteiger partial charge >= 0.3 is 5.76 Å². The number of imidazole rings is 1. The first kappa shape index (κ1) is 14.5. The van der Waals surface area contributed by atoms with Crippen LogP contribution < -0.4 is 11.5 Å². The summed E-state index contributed by atoms with van der Waals surface area (Å²) in [6, 6.07) is 9.32. The van der Waals surface area contributed by atoms with E-state index in [1.165, 1.54) is 0 Å². The first-order valence-corrected chi connectivity index (χ1v) is 7.56. The fourth-order valence-corrected chi connectivity index (χ4v) is 2.88. The van der Waals surface area contributed by atoms with E-state index in [2.05, 4.69) is 9.88 Å². The normalized spacial score (nSPS) is 11.8. The van der Waals surface area contributed by atoms with Gasteiger partial charge in [-0.05, 0) is 38.4 Å². The van der Waals surface area contributed by atoms with Gasteiger partial charge in [0.25, 0.3) is 0 Å². The molecule has 122 valence electrons. The summed E-state index contributed by atoms with van der Waals surface area (Å²) in [5.74, 6) is -0.460. The topological polar surface area (TPSA) is 92.6 Å². The van der Waals surface area contributed by atoms with Gasteiger partial charge in [0.1, 0.15) is 5.65 Å². The van der Waals surface area contributed by atoms with E-state index in [0.717, 1.165) is 22.6 Å². The van der Waals surface area contributed by atoms with Crippen LogP contribution >= 0.6 is 0 Å². The van der Waals surface area contributed by atoms with Crippen LogP contribution in [0, 0.1) is 0 Å². The molecule has 0 atom stereocenters. The molecule has 0 bridgehead atoms. The van der Waals surface area contributed by atoms with Crippen molar-refractivity contribution in [2.24, 2.45) is 0 Å². The second kappa shape index (κ2) is 5.24. The number of nitrogens with zero attached hydrogens (tertiary/aromatic N) is 3. The van der Waals surface area contributed by atoms with Gasteiger partial charge in [0.05, 0.1) is 16.9 Å². The molecule has 0 spiro atoms. The fraction of sp³-hybridized carbons (Fsp3) is 0.176. The fourth-order valence-electron chi connectivity index (χ4n) is 2.88. The molecule has 4 aromatic rings. The highest BCUT2D eigenvalue weighted by molar-refractivity contribution is 5.80. The molecule has 0 amide bonds. The van der Waals surface area contributed by atoms with Crippen molar-refractivity contribution in [1.29, 1.82) is 0 Å². The third-order valence-electron chi connectivity index (χ3n) is 3.90. The Morgan fingerprint density at radius 1 is 1.29 bits per heavy atom. The molecule has 0 saturated carbocycles. The minimum Gasteiger partial charge on any atom is -0.408 e. The number of rotatable bonds is 3. The van der Waals surface area contributed by atoms with E-state index in [4.69, 9.17) is 15.1 Å². The Kier molecular flexibility index (Phi) is 3.17. The lowest BCUT2D eigenvalue weighted by Gasteiger charge is -2.11. The van der Waals surface area contributed by atoms with Crippen molar-refractivity contribution in [3.05, 3.63) is 52.8 Å². The molecule has 24 heavy (non-hydrogen) atoms. The third kappa shape index (κ3) is 2.35.